The van der Waals surface area contributed by atoms with Crippen molar-refractivity contribution in [1.29, 1.82) is 0 Å². The summed E-state index contributed by atoms with van der Waals surface area (Å²) in [5, 5.41) is 2.83. The van der Waals surface area contributed by atoms with E-state index in [2.05, 4.69) is 45.7 Å². The molecule has 1 aliphatic carbocycles. The Morgan fingerprint density at radius 2 is 2.05 bits per heavy atom. The third kappa shape index (κ3) is 5.24. The van der Waals surface area contributed by atoms with E-state index in [9.17, 15) is 4.79 Å². The number of carbonyl (C=O) groups excluding carboxylic acids is 1. The molecule has 0 heterocycles. The van der Waals surface area contributed by atoms with E-state index in [0.29, 0.717) is 12.1 Å². The zero-order valence-corrected chi connectivity index (χ0v) is 13.5. The van der Waals surface area contributed by atoms with Crippen LogP contribution in [0.25, 0.3) is 0 Å². The van der Waals surface area contributed by atoms with Crippen LogP contribution >= 0.6 is 15.9 Å². The Hall–Kier alpha value is -1.79. The van der Waals surface area contributed by atoms with Crippen LogP contribution in [-0.2, 0) is 0 Å². The molecule has 0 unspecified atom stereocenters. The second-order valence-corrected chi connectivity index (χ2v) is 5.93. The van der Waals surface area contributed by atoms with Crippen LogP contribution in [0.4, 0.5) is 0 Å². The molecule has 1 amide bonds. The number of nitrogens with one attached hydrogen (secondary N) is 1. The molecule has 21 heavy (non-hydrogen) atoms. The maximum absolute atomic E-state index is 11.9. The second-order valence-electron chi connectivity index (χ2n) is 5.02. The van der Waals surface area contributed by atoms with Gasteiger partial charge in [0.05, 0.1) is 6.54 Å². The van der Waals surface area contributed by atoms with E-state index in [4.69, 9.17) is 0 Å². The van der Waals surface area contributed by atoms with E-state index >= 15 is 0 Å². The van der Waals surface area contributed by atoms with E-state index in [0.717, 1.165) is 22.9 Å². The van der Waals surface area contributed by atoms with Gasteiger partial charge in [0.1, 0.15) is 0 Å². The fraction of sp³-hybridized carbons (Fsp3) is 0.278. The van der Waals surface area contributed by atoms with Crippen molar-refractivity contribution in [2.75, 3.05) is 6.54 Å². The lowest BCUT2D eigenvalue weighted by molar-refractivity contribution is 0.0957. The van der Waals surface area contributed by atoms with Gasteiger partial charge in [-0.25, -0.2) is 0 Å². The van der Waals surface area contributed by atoms with Gasteiger partial charge >= 0.3 is 0 Å². The van der Waals surface area contributed by atoms with Gasteiger partial charge in [0.2, 0.25) is 0 Å². The Morgan fingerprint density at radius 1 is 1.29 bits per heavy atom. The Morgan fingerprint density at radius 3 is 2.71 bits per heavy atom. The van der Waals surface area contributed by atoms with Crippen molar-refractivity contribution in [3.05, 3.63) is 58.1 Å². The van der Waals surface area contributed by atoms with E-state index in [1.165, 1.54) is 18.4 Å². The highest BCUT2D eigenvalue weighted by Crippen LogP contribution is 2.16. The molecular weight excluding hydrogens is 326 g/mol. The van der Waals surface area contributed by atoms with E-state index in [-0.39, 0.29) is 5.91 Å². The largest absolute Gasteiger partial charge is 0.347 e. The van der Waals surface area contributed by atoms with Gasteiger partial charge in [-0.05, 0) is 55.5 Å². The van der Waals surface area contributed by atoms with Crippen LogP contribution in [0.2, 0.25) is 0 Å². The van der Waals surface area contributed by atoms with Crippen LogP contribution < -0.4 is 5.32 Å². The molecule has 0 bridgehead atoms. The summed E-state index contributed by atoms with van der Waals surface area (Å²) < 4.78 is 0.954. The van der Waals surface area contributed by atoms with Crippen molar-refractivity contribution in [3.8, 4) is 11.8 Å². The zero-order chi connectivity index (χ0) is 15.1. The Labute approximate surface area is 134 Å². The van der Waals surface area contributed by atoms with Gasteiger partial charge in [-0.3, -0.25) is 4.79 Å². The first-order valence-corrected chi connectivity index (χ1v) is 7.87. The molecule has 1 aromatic rings. The number of carbonyl (C=O) groups is 1. The molecular formula is C18H18BrNO. The second kappa shape index (κ2) is 7.85. The summed E-state index contributed by atoms with van der Waals surface area (Å²) in [5.74, 6) is 6.07. The third-order valence-corrected chi connectivity index (χ3v) is 3.79. The highest BCUT2D eigenvalue weighted by Gasteiger charge is 2.04. The SMILES string of the molecule is C=C(C#CC1=CCCCC1)CNC(=O)c1ccc(Br)cc1. The van der Waals surface area contributed by atoms with Gasteiger partial charge in [0.25, 0.3) is 5.91 Å². The molecule has 0 radical (unpaired) electrons. The van der Waals surface area contributed by atoms with Crippen molar-refractivity contribution in [2.45, 2.75) is 25.7 Å². The highest BCUT2D eigenvalue weighted by atomic mass is 79.9. The van der Waals surface area contributed by atoms with Crippen LogP contribution in [0.5, 0.6) is 0 Å². The summed E-state index contributed by atoms with van der Waals surface area (Å²) >= 11 is 3.35. The molecule has 0 saturated heterocycles. The number of halogens is 1. The molecule has 0 aromatic heterocycles. The molecule has 0 aliphatic heterocycles. The van der Waals surface area contributed by atoms with Crippen LogP contribution in [-0.4, -0.2) is 12.5 Å². The number of benzene rings is 1. The smallest absolute Gasteiger partial charge is 0.251 e. The first-order chi connectivity index (χ1) is 10.1. The first kappa shape index (κ1) is 15.6. The molecule has 108 valence electrons. The maximum atomic E-state index is 11.9. The van der Waals surface area contributed by atoms with E-state index < -0.39 is 0 Å². The van der Waals surface area contributed by atoms with E-state index in [1.54, 1.807) is 12.1 Å². The third-order valence-electron chi connectivity index (χ3n) is 3.26. The minimum absolute atomic E-state index is 0.109. The summed E-state index contributed by atoms with van der Waals surface area (Å²) in [6.07, 6.45) is 6.86. The Balaban J connectivity index is 1.83. The molecule has 1 aliphatic rings. The number of amides is 1. The summed E-state index contributed by atoms with van der Waals surface area (Å²) in [5.41, 5.74) is 2.56. The van der Waals surface area contributed by atoms with Gasteiger partial charge < -0.3 is 5.32 Å². The van der Waals surface area contributed by atoms with Crippen LogP contribution in [0.15, 0.2) is 52.5 Å². The first-order valence-electron chi connectivity index (χ1n) is 7.08. The lowest BCUT2D eigenvalue weighted by Crippen LogP contribution is -2.25. The minimum Gasteiger partial charge on any atom is -0.347 e. The van der Waals surface area contributed by atoms with Crippen molar-refractivity contribution in [3.63, 3.8) is 0 Å². The lowest BCUT2D eigenvalue weighted by Gasteiger charge is -2.06. The van der Waals surface area contributed by atoms with Crippen LogP contribution in [0, 0.1) is 11.8 Å². The topological polar surface area (TPSA) is 29.1 Å². The van der Waals surface area contributed by atoms with Crippen molar-refractivity contribution >= 4 is 21.8 Å². The fourth-order valence-electron chi connectivity index (χ4n) is 2.05. The molecule has 0 spiro atoms. The van der Waals surface area contributed by atoms with E-state index in [1.807, 2.05) is 12.1 Å². The minimum atomic E-state index is -0.109. The molecule has 1 N–H and O–H groups in total. The van der Waals surface area contributed by atoms with Gasteiger partial charge in [0.15, 0.2) is 0 Å². The van der Waals surface area contributed by atoms with Crippen molar-refractivity contribution in [1.82, 2.24) is 5.32 Å². The van der Waals surface area contributed by atoms with Gasteiger partial charge in [-0.1, -0.05) is 40.4 Å². The van der Waals surface area contributed by atoms with Crippen LogP contribution in [0.1, 0.15) is 36.0 Å². The molecule has 0 atom stereocenters. The highest BCUT2D eigenvalue weighted by molar-refractivity contribution is 9.10. The normalized spacial score (nSPS) is 13.7. The van der Waals surface area contributed by atoms with Gasteiger partial charge in [0, 0.05) is 15.6 Å². The zero-order valence-electron chi connectivity index (χ0n) is 11.9. The molecule has 2 nitrogen and oxygen atoms in total. The summed E-state index contributed by atoms with van der Waals surface area (Å²) in [4.78, 5) is 11.9. The van der Waals surface area contributed by atoms with Crippen molar-refractivity contribution < 1.29 is 4.79 Å². The van der Waals surface area contributed by atoms with Gasteiger partial charge in [-0.15, -0.1) is 0 Å². The van der Waals surface area contributed by atoms with Crippen LogP contribution in [0.3, 0.4) is 0 Å². The van der Waals surface area contributed by atoms with Crippen molar-refractivity contribution in [2.24, 2.45) is 0 Å². The monoisotopic (exact) mass is 343 g/mol. The molecule has 0 saturated carbocycles. The number of hydrogen-bond donors (Lipinski definition) is 1. The molecule has 2 rings (SSSR count). The number of allylic oxidation sites excluding steroid dienone is 2. The van der Waals surface area contributed by atoms with Gasteiger partial charge in [-0.2, -0.15) is 0 Å². The molecule has 0 fully saturated rings. The predicted molar refractivity (Wildman–Crippen MR) is 89.9 cm³/mol. The predicted octanol–water partition coefficient (Wildman–Crippen LogP) is 4.24. The number of rotatable bonds is 3. The molecule has 3 heteroatoms. The Kier molecular flexibility index (Phi) is 5.83. The summed E-state index contributed by atoms with van der Waals surface area (Å²) in [6, 6.07) is 7.25. The number of hydrogen-bond acceptors (Lipinski definition) is 1. The standard InChI is InChI=1S/C18H18BrNO/c1-14(7-8-15-5-3-2-4-6-15)13-20-18(21)16-9-11-17(19)12-10-16/h5,9-12H,1-4,6,13H2,(H,20,21). The quantitative estimate of drug-likeness (QED) is 0.817. The Bertz CT molecular complexity index is 617. The average molecular weight is 344 g/mol. The fourth-order valence-corrected chi connectivity index (χ4v) is 2.32. The lowest BCUT2D eigenvalue weighted by atomic mass is 10.00. The summed E-state index contributed by atoms with van der Waals surface area (Å²) in [7, 11) is 0. The summed E-state index contributed by atoms with van der Waals surface area (Å²) in [6.45, 7) is 4.28. The maximum Gasteiger partial charge on any atom is 0.251 e. The molecule has 1 aromatic carbocycles. The average Bonchev–Trinajstić information content (AvgIpc) is 2.52.